The first-order valence-electron chi connectivity index (χ1n) is 10.9. The highest BCUT2D eigenvalue weighted by Crippen LogP contribution is 2.37. The Morgan fingerprint density at radius 1 is 1.30 bits per heavy atom. The van der Waals surface area contributed by atoms with Crippen molar-refractivity contribution in [2.45, 2.75) is 69.2 Å². The Kier molecular flexibility index (Phi) is 6.95. The molecule has 3 fully saturated rings. The summed E-state index contributed by atoms with van der Waals surface area (Å²) in [5.74, 6) is 1.26. The second kappa shape index (κ2) is 9.66. The Balaban J connectivity index is 1.46. The summed E-state index contributed by atoms with van der Waals surface area (Å²) in [6.45, 7) is 1.76. The minimum absolute atomic E-state index is 0.00910. The number of carbonyl (C=O) groups excluding carboxylic acids is 1. The van der Waals surface area contributed by atoms with Crippen molar-refractivity contribution in [3.63, 3.8) is 0 Å². The van der Waals surface area contributed by atoms with E-state index in [9.17, 15) is 4.79 Å². The Hall–Kier alpha value is -1.64. The fraction of sp³-hybridized carbons (Fsp3) is 0.762. The molecule has 4 atom stereocenters. The van der Waals surface area contributed by atoms with Crippen LogP contribution in [0.5, 0.6) is 5.88 Å². The number of carbonyl (C=O) groups is 1. The fourth-order valence-corrected chi connectivity index (χ4v) is 5.11. The van der Waals surface area contributed by atoms with Crippen molar-refractivity contribution in [3.05, 3.63) is 11.2 Å². The number of aromatic nitrogens is 2. The summed E-state index contributed by atoms with van der Waals surface area (Å²) in [6.07, 6.45) is 6.41. The van der Waals surface area contributed by atoms with Gasteiger partial charge in [0.1, 0.15) is 11.3 Å². The molecule has 1 unspecified atom stereocenters. The smallest absolute Gasteiger partial charge is 0.230 e. The Morgan fingerprint density at radius 3 is 2.73 bits per heavy atom. The van der Waals surface area contributed by atoms with Crippen LogP contribution in [0.25, 0.3) is 0 Å². The number of piperidine rings is 2. The van der Waals surface area contributed by atoms with E-state index in [1.165, 1.54) is 6.42 Å². The number of anilines is 1. The molecule has 1 aromatic heterocycles. The first-order valence-corrected chi connectivity index (χ1v) is 11.2. The van der Waals surface area contributed by atoms with Gasteiger partial charge < -0.3 is 24.0 Å². The van der Waals surface area contributed by atoms with Crippen molar-refractivity contribution in [2.75, 3.05) is 38.9 Å². The van der Waals surface area contributed by atoms with E-state index >= 15 is 0 Å². The second-order valence-electron chi connectivity index (χ2n) is 8.45. The van der Waals surface area contributed by atoms with Crippen LogP contribution < -0.4 is 9.64 Å². The van der Waals surface area contributed by atoms with Gasteiger partial charge in [0.05, 0.1) is 26.2 Å². The molecule has 0 N–H and O–H groups in total. The van der Waals surface area contributed by atoms with E-state index in [1.54, 1.807) is 13.2 Å². The van der Waals surface area contributed by atoms with E-state index in [0.717, 1.165) is 32.1 Å². The molecule has 0 aromatic carbocycles. The summed E-state index contributed by atoms with van der Waals surface area (Å²) in [6, 6.07) is 2.44. The first-order chi connectivity index (χ1) is 14.5. The van der Waals surface area contributed by atoms with Crippen molar-refractivity contribution < 1.29 is 19.0 Å². The van der Waals surface area contributed by atoms with Gasteiger partial charge in [0, 0.05) is 44.8 Å². The van der Waals surface area contributed by atoms with E-state index in [4.69, 9.17) is 25.8 Å². The van der Waals surface area contributed by atoms with Gasteiger partial charge in [-0.05, 0) is 32.1 Å². The third kappa shape index (κ3) is 4.81. The van der Waals surface area contributed by atoms with E-state index in [-0.39, 0.29) is 30.1 Å². The van der Waals surface area contributed by atoms with Crippen LogP contribution >= 0.6 is 11.6 Å². The van der Waals surface area contributed by atoms with E-state index in [0.29, 0.717) is 43.2 Å². The van der Waals surface area contributed by atoms with Crippen molar-refractivity contribution in [2.24, 2.45) is 0 Å². The number of ether oxygens (including phenoxy) is 3. The third-order valence-corrected chi connectivity index (χ3v) is 6.65. The lowest BCUT2D eigenvalue weighted by Gasteiger charge is -2.50. The average Bonchev–Trinajstić information content (AvgIpc) is 3.23. The highest BCUT2D eigenvalue weighted by molar-refractivity contribution is 6.29. The standard InChI is InChI=1S/C21H31ClN4O4/c1-25(21-23-18(22)12-19(24-21)30-17-6-9-29-13-17)16-10-14-4-3-5-15(11-16)26(14)20(27)7-8-28-2/h12,14-17H,3-11,13H2,1-2H3/t14-,15+,16?,17-/m0/s1. The predicted octanol–water partition coefficient (Wildman–Crippen LogP) is 2.68. The number of rotatable bonds is 7. The van der Waals surface area contributed by atoms with Gasteiger partial charge in [-0.2, -0.15) is 4.98 Å². The van der Waals surface area contributed by atoms with Gasteiger partial charge in [-0.1, -0.05) is 11.6 Å². The summed E-state index contributed by atoms with van der Waals surface area (Å²) >= 11 is 6.27. The largest absolute Gasteiger partial charge is 0.472 e. The summed E-state index contributed by atoms with van der Waals surface area (Å²) in [4.78, 5) is 26.0. The summed E-state index contributed by atoms with van der Waals surface area (Å²) < 4.78 is 16.4. The van der Waals surface area contributed by atoms with Gasteiger partial charge in [-0.15, -0.1) is 0 Å². The lowest BCUT2D eigenvalue weighted by molar-refractivity contribution is -0.142. The molecule has 3 saturated heterocycles. The molecule has 9 heteroatoms. The van der Waals surface area contributed by atoms with Gasteiger partial charge in [0.2, 0.25) is 17.7 Å². The number of fused-ring (bicyclic) bond motifs is 2. The molecule has 30 heavy (non-hydrogen) atoms. The lowest BCUT2D eigenvalue weighted by atomic mass is 9.81. The maximum Gasteiger partial charge on any atom is 0.230 e. The van der Waals surface area contributed by atoms with E-state index < -0.39 is 0 Å². The molecule has 0 saturated carbocycles. The molecular formula is C21H31ClN4O4. The molecule has 3 aliphatic heterocycles. The van der Waals surface area contributed by atoms with E-state index in [1.807, 2.05) is 7.05 Å². The molecule has 8 nitrogen and oxygen atoms in total. The molecule has 0 radical (unpaired) electrons. The SMILES string of the molecule is COCCC(=O)N1[C@@H]2CCC[C@H]1CC(N(C)c1nc(Cl)cc(O[C@H]3CCOC3)n1)C2. The molecule has 2 bridgehead atoms. The molecule has 3 aliphatic rings. The Morgan fingerprint density at radius 2 is 2.07 bits per heavy atom. The Bertz CT molecular complexity index is 732. The molecule has 166 valence electrons. The molecular weight excluding hydrogens is 408 g/mol. The zero-order chi connectivity index (χ0) is 21.1. The topological polar surface area (TPSA) is 77.0 Å². The molecule has 1 aromatic rings. The predicted molar refractivity (Wildman–Crippen MR) is 113 cm³/mol. The van der Waals surface area contributed by atoms with Gasteiger partial charge >= 0.3 is 0 Å². The summed E-state index contributed by atoms with van der Waals surface area (Å²) in [5.41, 5.74) is 0. The normalized spacial score (nSPS) is 28.4. The second-order valence-corrected chi connectivity index (χ2v) is 8.84. The first kappa shape index (κ1) is 21.6. The third-order valence-electron chi connectivity index (χ3n) is 6.46. The number of nitrogens with zero attached hydrogens (tertiary/aromatic N) is 4. The summed E-state index contributed by atoms with van der Waals surface area (Å²) in [7, 11) is 3.65. The number of amides is 1. The van der Waals surface area contributed by atoms with Crippen LogP contribution in [0.3, 0.4) is 0 Å². The maximum absolute atomic E-state index is 12.7. The van der Waals surface area contributed by atoms with Crippen LogP contribution in [0.15, 0.2) is 6.07 Å². The number of hydrogen-bond acceptors (Lipinski definition) is 7. The molecule has 0 spiro atoms. The van der Waals surface area contributed by atoms with Gasteiger partial charge in [0.15, 0.2) is 0 Å². The van der Waals surface area contributed by atoms with Crippen LogP contribution in [0.4, 0.5) is 5.95 Å². The van der Waals surface area contributed by atoms with Crippen LogP contribution in [0.1, 0.15) is 44.9 Å². The fourth-order valence-electron chi connectivity index (χ4n) is 4.94. The number of methoxy groups -OCH3 is 1. The summed E-state index contributed by atoms with van der Waals surface area (Å²) in [5, 5.41) is 0.369. The minimum atomic E-state index is 0.00910. The van der Waals surface area contributed by atoms with Crippen LogP contribution in [-0.2, 0) is 14.3 Å². The quantitative estimate of drug-likeness (QED) is 0.605. The van der Waals surface area contributed by atoms with Gasteiger partial charge in [-0.3, -0.25) is 4.79 Å². The number of hydrogen-bond donors (Lipinski definition) is 0. The molecule has 4 rings (SSSR count). The zero-order valence-electron chi connectivity index (χ0n) is 17.8. The van der Waals surface area contributed by atoms with Crippen molar-refractivity contribution in [3.8, 4) is 5.88 Å². The molecule has 4 heterocycles. The average molecular weight is 439 g/mol. The lowest BCUT2D eigenvalue weighted by Crippen LogP contribution is -2.58. The van der Waals surface area contributed by atoms with Crippen molar-refractivity contribution in [1.82, 2.24) is 14.9 Å². The maximum atomic E-state index is 12.7. The van der Waals surface area contributed by atoms with E-state index in [2.05, 4.69) is 19.8 Å². The zero-order valence-corrected chi connectivity index (χ0v) is 18.5. The van der Waals surface area contributed by atoms with Crippen molar-refractivity contribution >= 4 is 23.5 Å². The van der Waals surface area contributed by atoms with Crippen LogP contribution in [-0.4, -0.2) is 79.0 Å². The van der Waals surface area contributed by atoms with Crippen LogP contribution in [0, 0.1) is 0 Å². The minimum Gasteiger partial charge on any atom is -0.472 e. The number of halogens is 1. The monoisotopic (exact) mass is 438 g/mol. The molecule has 1 amide bonds. The van der Waals surface area contributed by atoms with Gasteiger partial charge in [-0.25, -0.2) is 4.98 Å². The van der Waals surface area contributed by atoms with Crippen molar-refractivity contribution in [1.29, 1.82) is 0 Å². The molecule has 0 aliphatic carbocycles. The highest BCUT2D eigenvalue weighted by atomic mass is 35.5. The Labute approximate surface area is 182 Å². The highest BCUT2D eigenvalue weighted by Gasteiger charge is 2.42. The van der Waals surface area contributed by atoms with Crippen LogP contribution in [0.2, 0.25) is 5.15 Å². The van der Waals surface area contributed by atoms with Gasteiger partial charge in [0.25, 0.3) is 0 Å².